The number of Topliss-reactive ketones (excluding diaryl/α,β-unsaturated/α-hetero) is 1. The molecule has 1 aromatic heterocycles. The first-order valence-corrected chi connectivity index (χ1v) is 6.41. The summed E-state index contributed by atoms with van der Waals surface area (Å²) in [6, 6.07) is 4.80. The van der Waals surface area contributed by atoms with Gasteiger partial charge in [-0.2, -0.15) is 0 Å². The molecule has 0 unspecified atom stereocenters. The Morgan fingerprint density at radius 2 is 2.24 bits per heavy atom. The Balaban J connectivity index is 2.07. The van der Waals surface area contributed by atoms with Gasteiger partial charge in [0.2, 0.25) is 0 Å². The van der Waals surface area contributed by atoms with Gasteiger partial charge in [0.25, 0.3) is 5.22 Å². The van der Waals surface area contributed by atoms with Crippen LogP contribution in [0, 0.1) is 0 Å². The van der Waals surface area contributed by atoms with Gasteiger partial charge in [-0.15, -0.1) is 0 Å². The normalized spacial score (nSPS) is 10.5. The second kappa shape index (κ2) is 5.58. The van der Waals surface area contributed by atoms with Crippen molar-refractivity contribution in [3.05, 3.63) is 46.3 Å². The number of aromatic nitrogens is 1. The van der Waals surface area contributed by atoms with Crippen molar-refractivity contribution in [2.24, 2.45) is 0 Å². The molecule has 0 aliphatic heterocycles. The molecule has 0 aliphatic rings. The molecule has 6 heteroatoms. The Bertz CT molecular complexity index is 528. The van der Waals surface area contributed by atoms with Crippen LogP contribution in [0.25, 0.3) is 0 Å². The minimum atomic E-state index is -0.110. The highest BCUT2D eigenvalue weighted by Gasteiger charge is 2.12. The van der Waals surface area contributed by atoms with E-state index in [-0.39, 0.29) is 11.5 Å². The third-order valence-electron chi connectivity index (χ3n) is 1.97. The third-order valence-corrected chi connectivity index (χ3v) is 3.39. The van der Waals surface area contributed by atoms with Crippen molar-refractivity contribution in [3.8, 4) is 0 Å². The number of halogens is 2. The van der Waals surface area contributed by atoms with Crippen molar-refractivity contribution in [2.75, 3.05) is 5.75 Å². The van der Waals surface area contributed by atoms with E-state index in [1.165, 1.54) is 24.2 Å². The van der Waals surface area contributed by atoms with E-state index >= 15 is 0 Å². The molecule has 0 fully saturated rings. The lowest BCUT2D eigenvalue weighted by Gasteiger charge is -2.02. The van der Waals surface area contributed by atoms with E-state index in [1.54, 1.807) is 18.2 Å². The SMILES string of the molecule is O=C(CSc1ncco1)c1cc(Cl)ccc1Cl. The second-order valence-corrected chi connectivity index (χ2v) is 4.90. The second-order valence-electron chi connectivity index (χ2n) is 3.13. The van der Waals surface area contributed by atoms with Crippen LogP contribution in [0.3, 0.4) is 0 Å². The number of ketones is 1. The highest BCUT2D eigenvalue weighted by atomic mass is 35.5. The van der Waals surface area contributed by atoms with Crippen LogP contribution in [-0.2, 0) is 0 Å². The molecular weight excluding hydrogens is 281 g/mol. The van der Waals surface area contributed by atoms with Crippen LogP contribution in [0.15, 0.2) is 40.3 Å². The lowest BCUT2D eigenvalue weighted by atomic mass is 10.1. The average molecular weight is 288 g/mol. The zero-order valence-corrected chi connectivity index (χ0v) is 10.9. The Hall–Kier alpha value is -0.970. The lowest BCUT2D eigenvalue weighted by molar-refractivity contribution is 0.102. The highest BCUT2D eigenvalue weighted by Crippen LogP contribution is 2.23. The van der Waals surface area contributed by atoms with E-state index in [1.807, 2.05) is 0 Å². The van der Waals surface area contributed by atoms with Crippen LogP contribution < -0.4 is 0 Å². The number of thioether (sulfide) groups is 1. The smallest absolute Gasteiger partial charge is 0.255 e. The molecule has 0 saturated heterocycles. The molecule has 0 N–H and O–H groups in total. The Labute approximate surface area is 112 Å². The monoisotopic (exact) mass is 287 g/mol. The first-order chi connectivity index (χ1) is 8.16. The Morgan fingerprint density at radius 3 is 2.94 bits per heavy atom. The fraction of sp³-hybridized carbons (Fsp3) is 0.0909. The van der Waals surface area contributed by atoms with Gasteiger partial charge in [0.1, 0.15) is 6.26 Å². The van der Waals surface area contributed by atoms with E-state index < -0.39 is 0 Å². The summed E-state index contributed by atoms with van der Waals surface area (Å²) in [6.45, 7) is 0. The molecule has 17 heavy (non-hydrogen) atoms. The van der Waals surface area contributed by atoms with Gasteiger partial charge in [0, 0.05) is 10.6 Å². The van der Waals surface area contributed by atoms with Crippen LogP contribution in [0.4, 0.5) is 0 Å². The first-order valence-electron chi connectivity index (χ1n) is 4.67. The summed E-state index contributed by atoms with van der Waals surface area (Å²) in [5.41, 5.74) is 0.415. The molecule has 2 rings (SSSR count). The van der Waals surface area contributed by atoms with E-state index in [4.69, 9.17) is 27.6 Å². The topological polar surface area (TPSA) is 43.1 Å². The standard InChI is InChI=1S/C11H7Cl2NO2S/c12-7-1-2-9(13)8(5-7)10(15)6-17-11-14-3-4-16-11/h1-5H,6H2. The molecule has 0 radical (unpaired) electrons. The summed E-state index contributed by atoms with van der Waals surface area (Å²) >= 11 is 13.0. The number of rotatable bonds is 4. The summed E-state index contributed by atoms with van der Waals surface area (Å²) in [5, 5.41) is 1.34. The molecule has 0 spiro atoms. The van der Waals surface area contributed by atoms with Gasteiger partial charge >= 0.3 is 0 Å². The number of nitrogens with zero attached hydrogens (tertiary/aromatic N) is 1. The van der Waals surface area contributed by atoms with Crippen LogP contribution in [0.1, 0.15) is 10.4 Å². The van der Waals surface area contributed by atoms with Gasteiger partial charge in [-0.1, -0.05) is 35.0 Å². The minimum absolute atomic E-state index is 0.110. The van der Waals surface area contributed by atoms with Crippen LogP contribution in [0.2, 0.25) is 10.0 Å². The Morgan fingerprint density at radius 1 is 1.41 bits per heavy atom. The highest BCUT2D eigenvalue weighted by molar-refractivity contribution is 7.99. The maximum absolute atomic E-state index is 11.9. The summed E-state index contributed by atoms with van der Waals surface area (Å²) < 4.78 is 5.01. The zero-order valence-electron chi connectivity index (χ0n) is 8.52. The van der Waals surface area contributed by atoms with Gasteiger partial charge in [0.15, 0.2) is 5.78 Å². The molecule has 0 atom stereocenters. The molecule has 3 nitrogen and oxygen atoms in total. The van der Waals surface area contributed by atoms with Crippen LogP contribution in [-0.4, -0.2) is 16.5 Å². The van der Waals surface area contributed by atoms with E-state index in [0.717, 1.165) is 0 Å². The predicted molar refractivity (Wildman–Crippen MR) is 68.0 cm³/mol. The van der Waals surface area contributed by atoms with Gasteiger partial charge in [-0.05, 0) is 18.2 Å². The van der Waals surface area contributed by atoms with Crippen molar-refractivity contribution in [1.82, 2.24) is 4.98 Å². The van der Waals surface area contributed by atoms with Gasteiger partial charge in [-0.3, -0.25) is 4.79 Å². The number of hydrogen-bond acceptors (Lipinski definition) is 4. The van der Waals surface area contributed by atoms with E-state index in [9.17, 15) is 4.79 Å². The maximum Gasteiger partial charge on any atom is 0.255 e. The number of carbonyl (C=O) groups excluding carboxylic acids is 1. The van der Waals surface area contributed by atoms with E-state index in [0.29, 0.717) is 20.8 Å². The Kier molecular flexibility index (Phi) is 4.10. The zero-order chi connectivity index (χ0) is 12.3. The largest absolute Gasteiger partial charge is 0.440 e. The van der Waals surface area contributed by atoms with Crippen molar-refractivity contribution in [3.63, 3.8) is 0 Å². The summed E-state index contributed by atoms with van der Waals surface area (Å²) in [5.74, 6) is 0.0984. The van der Waals surface area contributed by atoms with Crippen molar-refractivity contribution in [2.45, 2.75) is 5.22 Å². The molecule has 1 heterocycles. The molecule has 0 aliphatic carbocycles. The molecule has 0 saturated carbocycles. The van der Waals surface area contributed by atoms with Gasteiger partial charge < -0.3 is 4.42 Å². The lowest BCUT2D eigenvalue weighted by Crippen LogP contribution is -2.03. The quantitative estimate of drug-likeness (QED) is 0.631. The molecule has 0 amide bonds. The van der Waals surface area contributed by atoms with Crippen LogP contribution >= 0.6 is 35.0 Å². The van der Waals surface area contributed by atoms with Crippen molar-refractivity contribution in [1.29, 1.82) is 0 Å². The summed E-state index contributed by atoms with van der Waals surface area (Å²) in [4.78, 5) is 15.8. The summed E-state index contributed by atoms with van der Waals surface area (Å²) in [6.07, 6.45) is 2.98. The fourth-order valence-corrected chi connectivity index (χ4v) is 2.26. The first kappa shape index (κ1) is 12.5. The molecule has 0 bridgehead atoms. The molecule has 1 aromatic carbocycles. The van der Waals surface area contributed by atoms with Crippen LogP contribution in [0.5, 0.6) is 0 Å². The molecular formula is C11H7Cl2NO2S. The maximum atomic E-state index is 11.9. The number of hydrogen-bond donors (Lipinski definition) is 0. The molecule has 2 aromatic rings. The number of carbonyl (C=O) groups is 1. The van der Waals surface area contributed by atoms with Gasteiger partial charge in [-0.25, -0.2) is 4.98 Å². The van der Waals surface area contributed by atoms with Crippen molar-refractivity contribution < 1.29 is 9.21 Å². The summed E-state index contributed by atoms with van der Waals surface area (Å²) in [7, 11) is 0. The average Bonchev–Trinajstić information content (AvgIpc) is 2.82. The fourth-order valence-electron chi connectivity index (χ4n) is 1.20. The number of oxazole rings is 1. The van der Waals surface area contributed by atoms with Gasteiger partial charge in [0.05, 0.1) is 17.0 Å². The number of benzene rings is 1. The third kappa shape index (κ3) is 3.25. The van der Waals surface area contributed by atoms with Crippen molar-refractivity contribution >= 4 is 40.7 Å². The molecule has 88 valence electrons. The minimum Gasteiger partial charge on any atom is -0.440 e. The predicted octanol–water partition coefficient (Wildman–Crippen LogP) is 3.96. The van der Waals surface area contributed by atoms with E-state index in [2.05, 4.69) is 4.98 Å².